The standard InChI is InChI=1S/C47H29N3O/c1-3-11-34-27-37(25-21-30(34)9-1)32-19-23-33(24-20-32)45-48-46(39-14-7-13-36(29-39)38-26-22-31-10-2-4-12-35(31)28-38)50-47(49-45)42-17-8-16-41-40-15-5-6-18-43(40)51-44(41)42/h1-29H. The first-order valence-corrected chi connectivity index (χ1v) is 17.1. The molecule has 0 saturated heterocycles. The maximum Gasteiger partial charge on any atom is 0.167 e. The lowest BCUT2D eigenvalue weighted by Gasteiger charge is -2.11. The van der Waals surface area contributed by atoms with Crippen LogP contribution in [0.25, 0.3) is 99.9 Å². The summed E-state index contributed by atoms with van der Waals surface area (Å²) in [6.07, 6.45) is 0. The number of fused-ring (bicyclic) bond motifs is 5. The third-order valence-corrected chi connectivity index (χ3v) is 9.71. The van der Waals surface area contributed by atoms with E-state index in [9.17, 15) is 0 Å². The van der Waals surface area contributed by atoms with Crippen LogP contribution < -0.4 is 0 Å². The van der Waals surface area contributed by atoms with E-state index in [1.54, 1.807) is 0 Å². The van der Waals surface area contributed by atoms with Crippen LogP contribution in [0.15, 0.2) is 180 Å². The van der Waals surface area contributed by atoms with Crippen molar-refractivity contribution in [3.8, 4) is 56.4 Å². The van der Waals surface area contributed by atoms with Gasteiger partial charge < -0.3 is 4.42 Å². The van der Waals surface area contributed by atoms with Gasteiger partial charge in [-0.05, 0) is 74.1 Å². The molecule has 0 spiro atoms. The van der Waals surface area contributed by atoms with Crippen molar-refractivity contribution in [3.05, 3.63) is 176 Å². The largest absolute Gasteiger partial charge is 0.455 e. The maximum absolute atomic E-state index is 6.44. The van der Waals surface area contributed by atoms with Crippen molar-refractivity contribution in [3.63, 3.8) is 0 Å². The number of furan rings is 1. The van der Waals surface area contributed by atoms with Gasteiger partial charge in [-0.25, -0.2) is 15.0 Å². The molecule has 0 unspecified atom stereocenters. The summed E-state index contributed by atoms with van der Waals surface area (Å²) in [5.74, 6) is 1.77. The molecule has 10 rings (SSSR count). The Hall–Kier alpha value is -6.91. The van der Waals surface area contributed by atoms with Gasteiger partial charge in [0.05, 0.1) is 5.56 Å². The average molecular weight is 652 g/mol. The summed E-state index contributed by atoms with van der Waals surface area (Å²) in [6, 6.07) is 61.2. The van der Waals surface area contributed by atoms with E-state index in [0.29, 0.717) is 17.5 Å². The normalized spacial score (nSPS) is 11.5. The topological polar surface area (TPSA) is 51.8 Å². The Morgan fingerprint density at radius 1 is 0.314 bits per heavy atom. The van der Waals surface area contributed by atoms with E-state index in [0.717, 1.165) is 55.3 Å². The number of hydrogen-bond donors (Lipinski definition) is 0. The lowest BCUT2D eigenvalue weighted by atomic mass is 9.99. The van der Waals surface area contributed by atoms with E-state index < -0.39 is 0 Å². The lowest BCUT2D eigenvalue weighted by Crippen LogP contribution is -2.00. The van der Waals surface area contributed by atoms with Gasteiger partial charge in [0.15, 0.2) is 17.5 Å². The Labute approximate surface area is 294 Å². The first kappa shape index (κ1) is 29.0. The molecule has 4 nitrogen and oxygen atoms in total. The SMILES string of the molecule is c1cc(-c2ccc3ccccc3c2)cc(-c2nc(-c3ccc(-c4ccc5ccccc5c4)cc3)nc(-c3cccc4c3oc3ccccc34)n2)c1. The predicted octanol–water partition coefficient (Wildman–Crippen LogP) is 12.4. The van der Waals surface area contributed by atoms with Crippen molar-refractivity contribution in [1.29, 1.82) is 0 Å². The van der Waals surface area contributed by atoms with Crippen LogP contribution in [-0.4, -0.2) is 15.0 Å². The summed E-state index contributed by atoms with van der Waals surface area (Å²) < 4.78 is 6.44. The number of para-hydroxylation sites is 2. The number of benzene rings is 8. The van der Waals surface area contributed by atoms with Crippen LogP contribution in [0.5, 0.6) is 0 Å². The Morgan fingerprint density at radius 3 is 1.57 bits per heavy atom. The molecular formula is C47H29N3O. The lowest BCUT2D eigenvalue weighted by molar-refractivity contribution is 0.669. The highest BCUT2D eigenvalue weighted by molar-refractivity contribution is 6.09. The van der Waals surface area contributed by atoms with E-state index >= 15 is 0 Å². The monoisotopic (exact) mass is 651 g/mol. The average Bonchev–Trinajstić information content (AvgIpc) is 3.59. The Bertz CT molecular complexity index is 2920. The van der Waals surface area contributed by atoms with E-state index in [1.807, 2.05) is 30.3 Å². The molecule has 0 aliphatic rings. The smallest absolute Gasteiger partial charge is 0.167 e. The molecule has 0 amide bonds. The van der Waals surface area contributed by atoms with Gasteiger partial charge in [-0.2, -0.15) is 0 Å². The van der Waals surface area contributed by atoms with Crippen molar-refractivity contribution in [2.45, 2.75) is 0 Å². The van der Waals surface area contributed by atoms with Gasteiger partial charge in [0.2, 0.25) is 0 Å². The fraction of sp³-hybridized carbons (Fsp3) is 0. The maximum atomic E-state index is 6.44. The van der Waals surface area contributed by atoms with Gasteiger partial charge in [0, 0.05) is 21.9 Å². The summed E-state index contributed by atoms with van der Waals surface area (Å²) in [6.45, 7) is 0. The van der Waals surface area contributed by atoms with Gasteiger partial charge in [0.1, 0.15) is 11.2 Å². The van der Waals surface area contributed by atoms with Crippen molar-refractivity contribution >= 4 is 43.5 Å². The summed E-state index contributed by atoms with van der Waals surface area (Å²) in [5.41, 5.74) is 8.78. The highest BCUT2D eigenvalue weighted by Gasteiger charge is 2.18. The van der Waals surface area contributed by atoms with Crippen LogP contribution >= 0.6 is 0 Å². The van der Waals surface area contributed by atoms with Crippen LogP contribution in [0.3, 0.4) is 0 Å². The number of rotatable bonds is 5. The highest BCUT2D eigenvalue weighted by atomic mass is 16.3. The minimum Gasteiger partial charge on any atom is -0.455 e. The molecule has 0 fully saturated rings. The summed E-state index contributed by atoms with van der Waals surface area (Å²) >= 11 is 0. The van der Waals surface area contributed by atoms with Crippen LogP contribution in [0.1, 0.15) is 0 Å². The third kappa shape index (κ3) is 5.22. The molecule has 0 aliphatic carbocycles. The minimum atomic E-state index is 0.564. The summed E-state index contributed by atoms with van der Waals surface area (Å²) in [5, 5.41) is 6.97. The molecule has 51 heavy (non-hydrogen) atoms. The fourth-order valence-electron chi connectivity index (χ4n) is 7.07. The Morgan fingerprint density at radius 2 is 0.824 bits per heavy atom. The molecule has 4 heteroatoms. The van der Waals surface area contributed by atoms with Crippen molar-refractivity contribution in [2.24, 2.45) is 0 Å². The molecule has 2 aromatic heterocycles. The second kappa shape index (κ2) is 11.9. The zero-order valence-electron chi connectivity index (χ0n) is 27.5. The van der Waals surface area contributed by atoms with Gasteiger partial charge in [0.25, 0.3) is 0 Å². The van der Waals surface area contributed by atoms with E-state index in [1.165, 1.54) is 27.1 Å². The van der Waals surface area contributed by atoms with Gasteiger partial charge in [-0.3, -0.25) is 0 Å². The molecule has 0 bridgehead atoms. The molecular weight excluding hydrogens is 623 g/mol. The molecule has 0 saturated carbocycles. The second-order valence-electron chi connectivity index (χ2n) is 12.9. The van der Waals surface area contributed by atoms with Crippen molar-refractivity contribution in [1.82, 2.24) is 15.0 Å². The zero-order chi connectivity index (χ0) is 33.7. The number of hydrogen-bond acceptors (Lipinski definition) is 4. The summed E-state index contributed by atoms with van der Waals surface area (Å²) in [7, 11) is 0. The Balaban J connectivity index is 1.12. The van der Waals surface area contributed by atoms with Gasteiger partial charge in [-0.1, -0.05) is 146 Å². The van der Waals surface area contributed by atoms with E-state index in [2.05, 4.69) is 146 Å². The molecule has 0 radical (unpaired) electrons. The van der Waals surface area contributed by atoms with Gasteiger partial charge >= 0.3 is 0 Å². The molecule has 0 aliphatic heterocycles. The predicted molar refractivity (Wildman–Crippen MR) is 209 cm³/mol. The zero-order valence-corrected chi connectivity index (χ0v) is 27.5. The van der Waals surface area contributed by atoms with Crippen LogP contribution in [0.2, 0.25) is 0 Å². The number of aromatic nitrogens is 3. The first-order chi connectivity index (χ1) is 25.2. The molecule has 0 N–H and O–H groups in total. The van der Waals surface area contributed by atoms with Gasteiger partial charge in [-0.15, -0.1) is 0 Å². The van der Waals surface area contributed by atoms with Crippen LogP contribution in [0, 0.1) is 0 Å². The quantitative estimate of drug-likeness (QED) is 0.186. The van der Waals surface area contributed by atoms with E-state index in [4.69, 9.17) is 19.4 Å². The van der Waals surface area contributed by atoms with E-state index in [-0.39, 0.29) is 0 Å². The highest BCUT2D eigenvalue weighted by Crippen LogP contribution is 2.36. The molecule has 238 valence electrons. The van der Waals surface area contributed by atoms with Crippen LogP contribution in [0.4, 0.5) is 0 Å². The first-order valence-electron chi connectivity index (χ1n) is 17.1. The van der Waals surface area contributed by atoms with Crippen molar-refractivity contribution in [2.75, 3.05) is 0 Å². The number of nitrogens with zero attached hydrogens (tertiary/aromatic N) is 3. The summed E-state index contributed by atoms with van der Waals surface area (Å²) in [4.78, 5) is 15.3. The van der Waals surface area contributed by atoms with Crippen LogP contribution in [-0.2, 0) is 0 Å². The fourth-order valence-corrected chi connectivity index (χ4v) is 7.07. The Kier molecular flexibility index (Phi) is 6.78. The second-order valence-corrected chi connectivity index (χ2v) is 12.9. The third-order valence-electron chi connectivity index (χ3n) is 9.71. The molecule has 0 atom stereocenters. The molecule has 8 aromatic carbocycles. The van der Waals surface area contributed by atoms with Crippen molar-refractivity contribution < 1.29 is 4.42 Å². The minimum absolute atomic E-state index is 0.564. The molecule has 10 aromatic rings. The molecule has 2 heterocycles.